The van der Waals surface area contributed by atoms with E-state index in [0.29, 0.717) is 11.4 Å². The predicted octanol–water partition coefficient (Wildman–Crippen LogP) is 5.10. The number of carbonyl (C=O) groups is 3. The van der Waals surface area contributed by atoms with E-state index < -0.39 is 11.9 Å². The predicted molar refractivity (Wildman–Crippen MR) is 142 cm³/mol. The van der Waals surface area contributed by atoms with Crippen LogP contribution < -0.4 is 4.90 Å². The van der Waals surface area contributed by atoms with Crippen molar-refractivity contribution >= 4 is 40.8 Å². The Kier molecular flexibility index (Phi) is 8.58. The molecule has 0 unspecified atom stereocenters. The summed E-state index contributed by atoms with van der Waals surface area (Å²) in [5.41, 5.74) is 7.22. The maximum absolute atomic E-state index is 13.5. The van der Waals surface area contributed by atoms with E-state index >= 15 is 0 Å². The zero-order chi connectivity index (χ0) is 26.4. The summed E-state index contributed by atoms with van der Waals surface area (Å²) in [5, 5.41) is 15.5. The molecule has 8 heteroatoms. The Morgan fingerprint density at radius 3 is 2.08 bits per heavy atom. The summed E-state index contributed by atoms with van der Waals surface area (Å²) in [6.45, 7) is 2.99. The number of amides is 1. The van der Waals surface area contributed by atoms with E-state index in [-0.39, 0.29) is 5.91 Å². The first-order valence-electron chi connectivity index (χ1n) is 12.3. The Balaban J connectivity index is 0.000000480. The molecule has 2 aliphatic heterocycles. The first kappa shape index (κ1) is 26.4. The molecule has 7 nitrogen and oxygen atoms in total. The quantitative estimate of drug-likeness (QED) is 0.465. The van der Waals surface area contributed by atoms with Crippen molar-refractivity contribution in [2.24, 2.45) is 0 Å². The summed E-state index contributed by atoms with van der Waals surface area (Å²) in [6, 6.07) is 22.9. The third kappa shape index (κ3) is 6.56. The van der Waals surface area contributed by atoms with Gasteiger partial charge in [-0.25, -0.2) is 9.59 Å². The summed E-state index contributed by atoms with van der Waals surface area (Å²) in [5.74, 6) is -3.50. The third-order valence-corrected chi connectivity index (χ3v) is 6.93. The Morgan fingerprint density at radius 2 is 1.38 bits per heavy atom. The number of nitrogens with zero attached hydrogens (tertiary/aromatic N) is 2. The lowest BCUT2D eigenvalue weighted by molar-refractivity contribution is -0.159. The van der Waals surface area contributed by atoms with Gasteiger partial charge in [-0.05, 0) is 72.7 Å². The van der Waals surface area contributed by atoms with E-state index in [0.717, 1.165) is 56.7 Å². The standard InChI is InChI=1S/C27H27ClN2O.C2H2O4/c28-24-14-13-22-12-11-21-7-3-4-9-25(21)30(26(22)18-24)27(31)10-5-16-29-17-15-20-6-1-2-8-23(20)19-29;3-1(4)2(5)6/h1-4,6-9,13-14,18H,5,10-12,15-17,19H2;(H,3,4)(H,5,6). The molecule has 0 saturated carbocycles. The Morgan fingerprint density at radius 1 is 0.757 bits per heavy atom. The van der Waals surface area contributed by atoms with E-state index in [2.05, 4.69) is 53.4 Å². The highest BCUT2D eigenvalue weighted by molar-refractivity contribution is 6.31. The van der Waals surface area contributed by atoms with E-state index in [4.69, 9.17) is 31.4 Å². The first-order valence-corrected chi connectivity index (χ1v) is 12.7. The minimum Gasteiger partial charge on any atom is -0.473 e. The highest BCUT2D eigenvalue weighted by Crippen LogP contribution is 2.38. The van der Waals surface area contributed by atoms with Crippen molar-refractivity contribution in [2.75, 3.05) is 18.0 Å². The van der Waals surface area contributed by atoms with Crippen LogP contribution in [0.3, 0.4) is 0 Å². The SMILES string of the molecule is O=C(CCCN1CCc2ccccc2C1)N1c2ccccc2CCc2ccc(Cl)cc21.O=C(O)C(=O)O. The molecule has 3 aromatic rings. The van der Waals surface area contributed by atoms with Crippen LogP contribution in [0.25, 0.3) is 0 Å². The molecule has 3 aromatic carbocycles. The normalized spacial score (nSPS) is 14.2. The first-order chi connectivity index (χ1) is 17.8. The van der Waals surface area contributed by atoms with Crippen LogP contribution in [0.4, 0.5) is 11.4 Å². The lowest BCUT2D eigenvalue weighted by atomic mass is 10.00. The smallest absolute Gasteiger partial charge is 0.414 e. The lowest BCUT2D eigenvalue weighted by Gasteiger charge is -2.29. The molecule has 1 amide bonds. The van der Waals surface area contributed by atoms with Gasteiger partial charge in [-0.2, -0.15) is 0 Å². The summed E-state index contributed by atoms with van der Waals surface area (Å²) in [6.07, 6.45) is 4.33. The fourth-order valence-electron chi connectivity index (χ4n) is 4.88. The molecule has 0 fully saturated rings. The number of carboxylic acids is 2. The fourth-order valence-corrected chi connectivity index (χ4v) is 5.04. The maximum Gasteiger partial charge on any atom is 0.414 e. The summed E-state index contributed by atoms with van der Waals surface area (Å²) < 4.78 is 0. The van der Waals surface area contributed by atoms with Crippen molar-refractivity contribution < 1.29 is 24.6 Å². The van der Waals surface area contributed by atoms with Gasteiger partial charge in [-0.15, -0.1) is 0 Å². The van der Waals surface area contributed by atoms with Crippen molar-refractivity contribution in [1.29, 1.82) is 0 Å². The molecule has 0 saturated heterocycles. The molecule has 0 aromatic heterocycles. The van der Waals surface area contributed by atoms with Gasteiger partial charge in [0.25, 0.3) is 0 Å². The molecule has 2 aliphatic rings. The van der Waals surface area contributed by atoms with Crippen LogP contribution in [0, 0.1) is 0 Å². The van der Waals surface area contributed by atoms with E-state index in [1.165, 1.54) is 22.3 Å². The van der Waals surface area contributed by atoms with Gasteiger partial charge in [0.1, 0.15) is 0 Å². The highest BCUT2D eigenvalue weighted by Gasteiger charge is 2.26. The second-order valence-corrected chi connectivity index (χ2v) is 9.58. The largest absolute Gasteiger partial charge is 0.473 e. The Labute approximate surface area is 220 Å². The van der Waals surface area contributed by atoms with Crippen LogP contribution in [-0.2, 0) is 40.2 Å². The van der Waals surface area contributed by atoms with Gasteiger partial charge in [-0.3, -0.25) is 14.6 Å². The van der Waals surface area contributed by atoms with Gasteiger partial charge >= 0.3 is 11.9 Å². The Hall–Kier alpha value is -3.68. The number of aryl methyl sites for hydroxylation is 2. The number of para-hydroxylation sites is 1. The van der Waals surface area contributed by atoms with Crippen molar-refractivity contribution in [1.82, 2.24) is 4.90 Å². The minimum atomic E-state index is -1.82. The average Bonchev–Trinajstić information content (AvgIpc) is 3.05. The monoisotopic (exact) mass is 520 g/mol. The summed E-state index contributed by atoms with van der Waals surface area (Å²) in [7, 11) is 0. The van der Waals surface area contributed by atoms with Gasteiger partial charge in [0.15, 0.2) is 0 Å². The molecule has 0 atom stereocenters. The molecular weight excluding hydrogens is 492 g/mol. The molecule has 37 heavy (non-hydrogen) atoms. The van der Waals surface area contributed by atoms with Crippen LogP contribution in [0.5, 0.6) is 0 Å². The van der Waals surface area contributed by atoms with Crippen LogP contribution >= 0.6 is 11.6 Å². The summed E-state index contributed by atoms with van der Waals surface area (Å²) in [4.78, 5) is 36.1. The molecule has 192 valence electrons. The van der Waals surface area contributed by atoms with Gasteiger partial charge < -0.3 is 10.2 Å². The molecule has 0 bridgehead atoms. The molecule has 2 N–H and O–H groups in total. The number of benzene rings is 3. The van der Waals surface area contributed by atoms with Crippen molar-refractivity contribution in [3.05, 3.63) is 94.0 Å². The number of carboxylic acid groups (broad SMARTS) is 2. The van der Waals surface area contributed by atoms with E-state index in [1.807, 2.05) is 23.1 Å². The third-order valence-electron chi connectivity index (χ3n) is 6.69. The van der Waals surface area contributed by atoms with E-state index in [9.17, 15) is 4.79 Å². The number of rotatable bonds is 4. The van der Waals surface area contributed by atoms with Crippen LogP contribution in [0.2, 0.25) is 5.02 Å². The minimum absolute atomic E-state index is 0.148. The molecule has 0 radical (unpaired) electrons. The Bertz CT molecular complexity index is 1300. The molecular formula is C29H29ClN2O5. The molecule has 5 rings (SSSR count). The molecule has 0 spiro atoms. The van der Waals surface area contributed by atoms with Gasteiger partial charge in [-0.1, -0.05) is 60.1 Å². The number of fused-ring (bicyclic) bond motifs is 3. The topological polar surface area (TPSA) is 98.2 Å². The zero-order valence-electron chi connectivity index (χ0n) is 20.4. The van der Waals surface area contributed by atoms with Gasteiger partial charge in [0.2, 0.25) is 5.91 Å². The van der Waals surface area contributed by atoms with E-state index in [1.54, 1.807) is 0 Å². The van der Waals surface area contributed by atoms with Crippen molar-refractivity contribution in [3.8, 4) is 0 Å². The van der Waals surface area contributed by atoms with Crippen LogP contribution in [-0.4, -0.2) is 46.0 Å². The van der Waals surface area contributed by atoms with Crippen molar-refractivity contribution in [3.63, 3.8) is 0 Å². The number of hydrogen-bond donors (Lipinski definition) is 2. The highest BCUT2D eigenvalue weighted by atomic mass is 35.5. The van der Waals surface area contributed by atoms with Gasteiger partial charge in [0.05, 0.1) is 11.4 Å². The van der Waals surface area contributed by atoms with Gasteiger partial charge in [0, 0.05) is 24.5 Å². The zero-order valence-corrected chi connectivity index (χ0v) is 21.2. The summed E-state index contributed by atoms with van der Waals surface area (Å²) >= 11 is 6.33. The second kappa shape index (κ2) is 12.0. The molecule has 0 aliphatic carbocycles. The number of anilines is 2. The number of halogens is 1. The van der Waals surface area contributed by atoms with Crippen molar-refractivity contribution in [2.45, 2.75) is 38.6 Å². The lowest BCUT2D eigenvalue weighted by Crippen LogP contribution is -2.32. The van der Waals surface area contributed by atoms with Crippen LogP contribution in [0.15, 0.2) is 66.7 Å². The van der Waals surface area contributed by atoms with Crippen LogP contribution in [0.1, 0.15) is 35.1 Å². The number of aliphatic carboxylic acids is 2. The second-order valence-electron chi connectivity index (χ2n) is 9.14. The number of hydrogen-bond acceptors (Lipinski definition) is 4. The molecule has 2 heterocycles. The number of carbonyl (C=O) groups excluding carboxylic acids is 1. The maximum atomic E-state index is 13.5. The fraction of sp³-hybridized carbons (Fsp3) is 0.276. The average molecular weight is 521 g/mol.